The molecule has 254 valence electrons. The van der Waals surface area contributed by atoms with Crippen LogP contribution in [0.5, 0.6) is 0 Å². The molecule has 0 unspecified atom stereocenters. The fourth-order valence-electron chi connectivity index (χ4n) is 2.32. The van der Waals surface area contributed by atoms with Gasteiger partial charge in [-0.3, -0.25) is 9.97 Å². The molecule has 0 fully saturated rings. The maximum atomic E-state index is 8.89. The average Bonchev–Trinajstić information content (AvgIpc) is 2.96. The van der Waals surface area contributed by atoms with Crippen molar-refractivity contribution in [3.63, 3.8) is 0 Å². The van der Waals surface area contributed by atoms with Crippen LogP contribution >= 0.6 is 23.5 Å². The van der Waals surface area contributed by atoms with E-state index in [1.807, 2.05) is 72.3 Å². The summed E-state index contributed by atoms with van der Waals surface area (Å²) in [6.07, 6.45) is 3.67. The number of benzene rings is 2. The standard InChI is InChI=1S/2C12H11NS.4C2H4O2.2Cu/c2*1-2-7-12(8-3-1)14-10-11-6-4-5-9-13-11;4*1-2(3)4;;/h2*1-9H,10H2;4*1H3,(H,3,4);;/q;;;;;;2*+2/p-4. The quantitative estimate of drug-likeness (QED) is 0.205. The van der Waals surface area contributed by atoms with Gasteiger partial charge in [0.05, 0.1) is 11.4 Å². The van der Waals surface area contributed by atoms with Crippen molar-refractivity contribution < 1.29 is 73.7 Å². The number of hydrogen-bond donors (Lipinski definition) is 0. The summed E-state index contributed by atoms with van der Waals surface area (Å²) in [4.78, 5) is 46.7. The first-order chi connectivity index (χ1) is 20.8. The van der Waals surface area contributed by atoms with E-state index < -0.39 is 23.9 Å². The molecule has 0 amide bonds. The van der Waals surface area contributed by atoms with E-state index in [4.69, 9.17) is 39.6 Å². The zero-order chi connectivity index (χ0) is 33.6. The number of carboxylic acid groups (broad SMARTS) is 4. The normalized spacial score (nSPS) is 8.26. The Morgan fingerprint density at radius 1 is 0.478 bits per heavy atom. The minimum Gasteiger partial charge on any atom is -0.550 e. The van der Waals surface area contributed by atoms with Gasteiger partial charge in [0.1, 0.15) is 0 Å². The van der Waals surface area contributed by atoms with Gasteiger partial charge in [-0.2, -0.15) is 0 Å². The Bertz CT molecular complexity index is 1090. The minimum atomic E-state index is -1.08. The van der Waals surface area contributed by atoms with Gasteiger partial charge in [0.25, 0.3) is 0 Å². The van der Waals surface area contributed by atoms with Gasteiger partial charge in [-0.05, 0) is 76.2 Å². The number of hydrogen-bond acceptors (Lipinski definition) is 12. The van der Waals surface area contributed by atoms with E-state index in [9.17, 15) is 0 Å². The topological polar surface area (TPSA) is 186 Å². The smallest absolute Gasteiger partial charge is 0.550 e. The fraction of sp³-hybridized carbons (Fsp3) is 0.188. The Kier molecular flexibility index (Phi) is 36.7. The Morgan fingerprint density at radius 3 is 0.935 bits per heavy atom. The molecule has 2 aromatic heterocycles. The van der Waals surface area contributed by atoms with Gasteiger partial charge in [0, 0.05) is 57.6 Å². The van der Waals surface area contributed by atoms with Gasteiger partial charge in [0.15, 0.2) is 0 Å². The maximum absolute atomic E-state index is 8.89. The first-order valence-corrected chi connectivity index (χ1v) is 14.7. The van der Waals surface area contributed by atoms with E-state index in [1.54, 1.807) is 0 Å². The zero-order valence-electron chi connectivity index (χ0n) is 25.4. The molecule has 2 radical (unpaired) electrons. The summed E-state index contributed by atoms with van der Waals surface area (Å²) < 4.78 is 0. The maximum Gasteiger partial charge on any atom is 2.00 e. The molecule has 0 bridgehead atoms. The molecule has 0 aliphatic heterocycles. The second kappa shape index (κ2) is 34.2. The van der Waals surface area contributed by atoms with Crippen LogP contribution in [0.2, 0.25) is 0 Å². The van der Waals surface area contributed by atoms with E-state index >= 15 is 0 Å². The number of aliphatic carboxylic acids is 4. The largest absolute Gasteiger partial charge is 2.00 e. The second-order valence-corrected chi connectivity index (χ2v) is 9.91. The van der Waals surface area contributed by atoms with Crippen molar-refractivity contribution >= 4 is 47.4 Å². The summed E-state index contributed by atoms with van der Waals surface area (Å²) in [5.41, 5.74) is 2.25. The third-order valence-corrected chi connectivity index (χ3v) is 5.80. The van der Waals surface area contributed by atoms with Gasteiger partial charge in [-0.25, -0.2) is 0 Å². The fourth-order valence-corrected chi connectivity index (χ4v) is 3.98. The van der Waals surface area contributed by atoms with E-state index in [0.29, 0.717) is 0 Å². The van der Waals surface area contributed by atoms with Crippen LogP contribution in [0.15, 0.2) is 119 Å². The van der Waals surface area contributed by atoms with E-state index in [-0.39, 0.29) is 34.1 Å². The molecule has 0 spiro atoms. The molecule has 0 saturated heterocycles. The monoisotopic (exact) mass is 764 g/mol. The van der Waals surface area contributed by atoms with Crippen LogP contribution < -0.4 is 20.4 Å². The van der Waals surface area contributed by atoms with Crippen molar-refractivity contribution in [2.75, 3.05) is 0 Å². The van der Waals surface area contributed by atoms with Crippen LogP contribution in [0, 0.1) is 0 Å². The van der Waals surface area contributed by atoms with Gasteiger partial charge in [-0.1, -0.05) is 48.5 Å². The molecule has 14 heteroatoms. The molecule has 4 aromatic rings. The summed E-state index contributed by atoms with van der Waals surface area (Å²) in [6, 6.07) is 32.8. The Balaban J connectivity index is -0.000000257. The average molecular weight is 766 g/mol. The summed E-state index contributed by atoms with van der Waals surface area (Å²) in [6.45, 7) is 3.89. The van der Waals surface area contributed by atoms with Crippen molar-refractivity contribution in [2.24, 2.45) is 0 Å². The number of rotatable bonds is 6. The van der Waals surface area contributed by atoms with Crippen LogP contribution in [0.3, 0.4) is 0 Å². The third kappa shape index (κ3) is 42.5. The molecule has 0 N–H and O–H groups in total. The van der Waals surface area contributed by atoms with Gasteiger partial charge in [-0.15, -0.1) is 23.5 Å². The first kappa shape index (κ1) is 49.2. The first-order valence-electron chi connectivity index (χ1n) is 12.7. The van der Waals surface area contributed by atoms with Crippen molar-refractivity contribution in [3.05, 3.63) is 121 Å². The van der Waals surface area contributed by atoms with Crippen molar-refractivity contribution in [3.8, 4) is 0 Å². The van der Waals surface area contributed by atoms with Crippen molar-refractivity contribution in [1.82, 2.24) is 9.97 Å². The van der Waals surface area contributed by atoms with Gasteiger partial charge in [0.2, 0.25) is 0 Å². The number of carbonyl (C=O) groups is 4. The van der Waals surface area contributed by atoms with Crippen molar-refractivity contribution in [1.29, 1.82) is 0 Å². The van der Waals surface area contributed by atoms with E-state index in [1.165, 1.54) is 9.79 Å². The molecule has 46 heavy (non-hydrogen) atoms. The molecule has 0 saturated carbocycles. The molecular formula is C32H34Cu2N2O8S2. The van der Waals surface area contributed by atoms with Gasteiger partial charge < -0.3 is 39.6 Å². The van der Waals surface area contributed by atoms with E-state index in [0.717, 1.165) is 50.6 Å². The molecular weight excluding hydrogens is 732 g/mol. The third-order valence-electron chi connectivity index (χ3n) is 3.71. The van der Waals surface area contributed by atoms with Crippen LogP contribution in [0.25, 0.3) is 0 Å². The molecule has 10 nitrogen and oxygen atoms in total. The van der Waals surface area contributed by atoms with Crippen LogP contribution in [0.4, 0.5) is 0 Å². The molecule has 0 aliphatic carbocycles. The number of pyridine rings is 2. The number of carboxylic acids is 4. The SMILES string of the molecule is CC(=O)[O-].CC(=O)[O-].CC(=O)[O-].CC(=O)[O-].[Cu+2].[Cu+2].c1ccc(SCc2ccccn2)cc1.c1ccc(SCc2ccccn2)cc1. The Labute approximate surface area is 299 Å². The van der Waals surface area contributed by atoms with Crippen LogP contribution in [-0.2, 0) is 64.8 Å². The number of nitrogens with zero attached hydrogens (tertiary/aromatic N) is 2. The molecule has 2 aromatic carbocycles. The van der Waals surface area contributed by atoms with E-state index in [2.05, 4.69) is 70.6 Å². The number of thioether (sulfide) groups is 2. The molecule has 0 atom stereocenters. The summed E-state index contributed by atoms with van der Waals surface area (Å²) in [7, 11) is 0. The summed E-state index contributed by atoms with van der Waals surface area (Å²) in [5, 5.41) is 35.6. The summed E-state index contributed by atoms with van der Waals surface area (Å²) >= 11 is 3.62. The van der Waals surface area contributed by atoms with Crippen LogP contribution in [-0.4, -0.2) is 33.8 Å². The second-order valence-electron chi connectivity index (χ2n) is 7.81. The molecule has 2 heterocycles. The summed E-state index contributed by atoms with van der Waals surface area (Å²) in [5.74, 6) is -2.46. The van der Waals surface area contributed by atoms with Gasteiger partial charge >= 0.3 is 34.1 Å². The predicted molar refractivity (Wildman–Crippen MR) is 163 cm³/mol. The Hall–Kier alpha value is -3.64. The molecule has 0 aliphatic rings. The Morgan fingerprint density at radius 2 is 0.717 bits per heavy atom. The van der Waals surface area contributed by atoms with Crippen LogP contribution in [0.1, 0.15) is 39.1 Å². The number of aromatic nitrogens is 2. The predicted octanol–water partition coefficient (Wildman–Crippen LogP) is 1.77. The molecule has 4 rings (SSSR count). The minimum absolute atomic E-state index is 0. The number of carbonyl (C=O) groups excluding carboxylic acids is 4. The van der Waals surface area contributed by atoms with Crippen molar-refractivity contribution in [2.45, 2.75) is 49.0 Å². The zero-order valence-corrected chi connectivity index (χ0v) is 28.9.